The van der Waals surface area contributed by atoms with Crippen LogP contribution in [0.4, 0.5) is 5.69 Å². The van der Waals surface area contributed by atoms with Crippen LogP contribution >= 0.6 is 27.5 Å². The summed E-state index contributed by atoms with van der Waals surface area (Å²) in [4.78, 5) is 0. The van der Waals surface area contributed by atoms with Crippen molar-refractivity contribution < 1.29 is 9.47 Å². The van der Waals surface area contributed by atoms with Crippen molar-refractivity contribution in [1.29, 1.82) is 0 Å². The molecule has 5 heteroatoms. The zero-order valence-corrected chi connectivity index (χ0v) is 15.9. The lowest BCUT2D eigenvalue weighted by atomic mass is 10.1. The van der Waals surface area contributed by atoms with Gasteiger partial charge in [-0.2, -0.15) is 0 Å². The van der Waals surface area contributed by atoms with Crippen LogP contribution in [0.5, 0.6) is 11.5 Å². The molecule has 0 spiro atoms. The average Bonchev–Trinajstić information content (AvgIpc) is 2.50. The minimum Gasteiger partial charge on any atom is -0.490 e. The fourth-order valence-corrected chi connectivity index (χ4v) is 3.06. The molecule has 0 fully saturated rings. The zero-order valence-electron chi connectivity index (χ0n) is 13.6. The van der Waals surface area contributed by atoms with E-state index in [4.69, 9.17) is 21.1 Å². The van der Waals surface area contributed by atoms with Crippen molar-refractivity contribution in [2.45, 2.75) is 27.3 Å². The Morgan fingerprint density at radius 3 is 2.48 bits per heavy atom. The Kier molecular flexibility index (Phi) is 6.60. The maximum Gasteiger partial charge on any atom is 0.179 e. The Labute approximate surface area is 151 Å². The van der Waals surface area contributed by atoms with E-state index < -0.39 is 0 Å². The van der Waals surface area contributed by atoms with Gasteiger partial charge in [-0.05, 0) is 62.2 Å². The monoisotopic (exact) mass is 397 g/mol. The molecule has 0 bridgehead atoms. The van der Waals surface area contributed by atoms with Gasteiger partial charge in [-0.3, -0.25) is 0 Å². The Bertz CT molecular complexity index is 676. The van der Waals surface area contributed by atoms with Crippen LogP contribution in [0, 0.1) is 6.92 Å². The van der Waals surface area contributed by atoms with Crippen molar-refractivity contribution >= 4 is 33.2 Å². The first kappa shape index (κ1) is 18.0. The molecule has 0 aliphatic heterocycles. The van der Waals surface area contributed by atoms with Gasteiger partial charge in [0.2, 0.25) is 0 Å². The SMILES string of the molecule is CCOc1cc(CNc2ccc(Br)cc2C)cc(Cl)c1OCC. The summed E-state index contributed by atoms with van der Waals surface area (Å²) >= 11 is 9.82. The highest BCUT2D eigenvalue weighted by Gasteiger charge is 2.12. The summed E-state index contributed by atoms with van der Waals surface area (Å²) in [5.74, 6) is 1.30. The van der Waals surface area contributed by atoms with E-state index in [1.54, 1.807) is 0 Å². The van der Waals surface area contributed by atoms with Gasteiger partial charge in [0.25, 0.3) is 0 Å². The molecular weight excluding hydrogens is 378 g/mol. The topological polar surface area (TPSA) is 30.5 Å². The summed E-state index contributed by atoms with van der Waals surface area (Å²) in [7, 11) is 0. The van der Waals surface area contributed by atoms with E-state index in [9.17, 15) is 0 Å². The number of benzene rings is 2. The number of halogens is 2. The quantitative estimate of drug-likeness (QED) is 0.637. The van der Waals surface area contributed by atoms with Crippen LogP contribution in [-0.4, -0.2) is 13.2 Å². The second-order valence-electron chi connectivity index (χ2n) is 5.08. The first-order chi connectivity index (χ1) is 11.0. The minimum absolute atomic E-state index is 0.551. The molecule has 3 nitrogen and oxygen atoms in total. The van der Waals surface area contributed by atoms with E-state index >= 15 is 0 Å². The summed E-state index contributed by atoms with van der Waals surface area (Å²) in [6, 6.07) is 10.0. The van der Waals surface area contributed by atoms with Crippen molar-refractivity contribution in [3.05, 3.63) is 51.0 Å². The first-order valence-corrected chi connectivity index (χ1v) is 8.80. The molecule has 0 aliphatic rings. The predicted molar refractivity (Wildman–Crippen MR) is 100.0 cm³/mol. The van der Waals surface area contributed by atoms with Crippen molar-refractivity contribution in [2.75, 3.05) is 18.5 Å². The molecule has 0 saturated heterocycles. The molecule has 0 amide bonds. The highest BCUT2D eigenvalue weighted by molar-refractivity contribution is 9.10. The summed E-state index contributed by atoms with van der Waals surface area (Å²) in [6.45, 7) is 7.73. The number of anilines is 1. The van der Waals surface area contributed by atoms with Crippen LogP contribution in [0.3, 0.4) is 0 Å². The summed E-state index contributed by atoms with van der Waals surface area (Å²) in [5, 5.41) is 4.00. The van der Waals surface area contributed by atoms with E-state index in [-0.39, 0.29) is 0 Å². The molecule has 0 aliphatic carbocycles. The van der Waals surface area contributed by atoms with E-state index in [0.717, 1.165) is 15.7 Å². The Hall–Kier alpha value is -1.39. The van der Waals surface area contributed by atoms with Gasteiger partial charge in [0, 0.05) is 16.7 Å². The summed E-state index contributed by atoms with van der Waals surface area (Å²) in [6.07, 6.45) is 0. The molecule has 2 aromatic rings. The van der Waals surface area contributed by atoms with Gasteiger partial charge < -0.3 is 14.8 Å². The standard InChI is InChI=1S/C18H21BrClNO2/c1-4-22-17-10-13(9-15(20)18(17)23-5-2)11-21-16-7-6-14(19)8-12(16)3/h6-10,21H,4-5,11H2,1-3H3. The predicted octanol–water partition coefficient (Wildman–Crippen LogP) is 5.82. The number of hydrogen-bond donors (Lipinski definition) is 1. The lowest BCUT2D eigenvalue weighted by molar-refractivity contribution is 0.287. The molecule has 124 valence electrons. The number of hydrogen-bond acceptors (Lipinski definition) is 3. The zero-order chi connectivity index (χ0) is 16.8. The number of rotatable bonds is 7. The lowest BCUT2D eigenvalue weighted by Gasteiger charge is -2.15. The molecule has 2 rings (SSSR count). The highest BCUT2D eigenvalue weighted by atomic mass is 79.9. The van der Waals surface area contributed by atoms with E-state index in [2.05, 4.69) is 40.3 Å². The van der Waals surface area contributed by atoms with Gasteiger partial charge in [0.15, 0.2) is 11.5 Å². The summed E-state index contributed by atoms with van der Waals surface area (Å²) in [5.41, 5.74) is 3.32. The van der Waals surface area contributed by atoms with Crippen LogP contribution in [0.1, 0.15) is 25.0 Å². The molecule has 0 atom stereocenters. The normalized spacial score (nSPS) is 10.5. The molecule has 0 radical (unpaired) electrons. The van der Waals surface area contributed by atoms with Gasteiger partial charge in [-0.1, -0.05) is 27.5 Å². The maximum absolute atomic E-state index is 6.34. The first-order valence-electron chi connectivity index (χ1n) is 7.63. The van der Waals surface area contributed by atoms with Gasteiger partial charge in [0.1, 0.15) is 0 Å². The van der Waals surface area contributed by atoms with E-state index in [1.807, 2.05) is 32.0 Å². The van der Waals surface area contributed by atoms with Gasteiger partial charge >= 0.3 is 0 Å². The maximum atomic E-state index is 6.34. The fourth-order valence-electron chi connectivity index (χ4n) is 2.29. The van der Waals surface area contributed by atoms with Crippen LogP contribution in [0.25, 0.3) is 0 Å². The molecule has 23 heavy (non-hydrogen) atoms. The van der Waals surface area contributed by atoms with Gasteiger partial charge in [-0.25, -0.2) is 0 Å². The molecule has 2 aromatic carbocycles. The molecular formula is C18H21BrClNO2. The van der Waals surface area contributed by atoms with Crippen LogP contribution in [-0.2, 0) is 6.54 Å². The average molecular weight is 399 g/mol. The van der Waals surface area contributed by atoms with Gasteiger partial charge in [0.05, 0.1) is 18.2 Å². The number of nitrogens with one attached hydrogen (secondary N) is 1. The Morgan fingerprint density at radius 1 is 1.09 bits per heavy atom. The largest absolute Gasteiger partial charge is 0.490 e. The fraction of sp³-hybridized carbons (Fsp3) is 0.333. The summed E-state index contributed by atoms with van der Waals surface area (Å²) < 4.78 is 12.3. The third kappa shape index (κ3) is 4.79. The number of ether oxygens (including phenoxy) is 2. The van der Waals surface area contributed by atoms with Crippen LogP contribution in [0.2, 0.25) is 5.02 Å². The second-order valence-corrected chi connectivity index (χ2v) is 6.41. The van der Waals surface area contributed by atoms with Crippen LogP contribution < -0.4 is 14.8 Å². The minimum atomic E-state index is 0.551. The van der Waals surface area contributed by atoms with Crippen molar-refractivity contribution in [2.24, 2.45) is 0 Å². The smallest absolute Gasteiger partial charge is 0.179 e. The Balaban J connectivity index is 2.19. The third-order valence-electron chi connectivity index (χ3n) is 3.33. The molecule has 0 heterocycles. The van der Waals surface area contributed by atoms with Crippen molar-refractivity contribution in [3.63, 3.8) is 0 Å². The van der Waals surface area contributed by atoms with E-state index in [0.29, 0.717) is 36.3 Å². The van der Waals surface area contributed by atoms with Crippen molar-refractivity contribution in [1.82, 2.24) is 0 Å². The second kappa shape index (κ2) is 8.46. The lowest BCUT2D eigenvalue weighted by Crippen LogP contribution is -2.04. The highest BCUT2D eigenvalue weighted by Crippen LogP contribution is 2.37. The molecule has 0 aromatic heterocycles. The van der Waals surface area contributed by atoms with E-state index in [1.165, 1.54) is 5.56 Å². The Morgan fingerprint density at radius 2 is 1.83 bits per heavy atom. The molecule has 0 saturated carbocycles. The molecule has 1 N–H and O–H groups in total. The molecule has 0 unspecified atom stereocenters. The number of aryl methyl sites for hydroxylation is 1. The van der Waals surface area contributed by atoms with Crippen molar-refractivity contribution in [3.8, 4) is 11.5 Å². The third-order valence-corrected chi connectivity index (χ3v) is 4.10. The van der Waals surface area contributed by atoms with Gasteiger partial charge in [-0.15, -0.1) is 0 Å². The van der Waals surface area contributed by atoms with Crippen LogP contribution in [0.15, 0.2) is 34.8 Å².